The van der Waals surface area contributed by atoms with E-state index in [0.717, 1.165) is 24.6 Å². The number of alkyl halides is 3. The largest absolute Gasteiger partial charge is 0.573 e. The molecule has 1 aromatic heterocycles. The van der Waals surface area contributed by atoms with Gasteiger partial charge in [-0.2, -0.15) is 5.10 Å². The lowest BCUT2D eigenvalue weighted by Gasteiger charge is -2.31. The number of aromatic amines is 1. The summed E-state index contributed by atoms with van der Waals surface area (Å²) < 4.78 is 40.7. The van der Waals surface area contributed by atoms with Crippen molar-refractivity contribution < 1.29 is 22.7 Å². The van der Waals surface area contributed by atoms with Gasteiger partial charge in [-0.1, -0.05) is 6.07 Å². The highest BCUT2D eigenvalue weighted by atomic mass is 19.4. The van der Waals surface area contributed by atoms with Crippen molar-refractivity contribution in [2.24, 2.45) is 0 Å². The van der Waals surface area contributed by atoms with Gasteiger partial charge in [0, 0.05) is 36.5 Å². The van der Waals surface area contributed by atoms with E-state index in [1.54, 1.807) is 11.1 Å². The monoisotopic (exact) mass is 339 g/mol. The number of likely N-dealkylation sites (tertiary alicyclic amines) is 1. The number of carbonyl (C=O) groups is 1. The predicted octanol–water partition coefficient (Wildman–Crippen LogP) is 3.33. The maximum absolute atomic E-state index is 12.5. The van der Waals surface area contributed by atoms with Crippen molar-refractivity contribution in [1.29, 1.82) is 0 Å². The number of rotatable bonds is 3. The lowest BCUT2D eigenvalue weighted by molar-refractivity contribution is -0.274. The van der Waals surface area contributed by atoms with Gasteiger partial charge in [-0.25, -0.2) is 0 Å². The molecule has 1 fully saturated rings. The van der Waals surface area contributed by atoms with Gasteiger partial charge in [0.05, 0.1) is 0 Å². The number of benzene rings is 1. The Bertz CT molecular complexity index is 693. The molecule has 3 rings (SSSR count). The highest BCUT2D eigenvalue weighted by molar-refractivity contribution is 5.94. The zero-order valence-electron chi connectivity index (χ0n) is 12.7. The van der Waals surface area contributed by atoms with Crippen LogP contribution in [0, 0.1) is 0 Å². The van der Waals surface area contributed by atoms with E-state index >= 15 is 0 Å². The van der Waals surface area contributed by atoms with Crippen LogP contribution in [0.1, 0.15) is 34.8 Å². The molecule has 1 N–H and O–H groups in total. The summed E-state index contributed by atoms with van der Waals surface area (Å²) >= 11 is 0. The zero-order valence-corrected chi connectivity index (χ0v) is 12.7. The smallest absolute Gasteiger partial charge is 0.406 e. The SMILES string of the molecule is O=C(c1cccc(OC(F)(F)F)c1)N1CCC(c2ccn[nH]2)CC1. The molecule has 1 aliphatic heterocycles. The summed E-state index contributed by atoms with van der Waals surface area (Å²) in [5, 5.41) is 6.86. The molecule has 0 spiro atoms. The first-order chi connectivity index (χ1) is 11.4. The van der Waals surface area contributed by atoms with E-state index in [1.807, 2.05) is 6.07 Å². The fourth-order valence-electron chi connectivity index (χ4n) is 2.90. The number of piperidine rings is 1. The molecule has 1 saturated heterocycles. The van der Waals surface area contributed by atoms with Crippen LogP contribution in [-0.4, -0.2) is 40.5 Å². The Morgan fingerprint density at radius 1 is 1.25 bits per heavy atom. The predicted molar refractivity (Wildman–Crippen MR) is 79.6 cm³/mol. The molecule has 0 saturated carbocycles. The Kier molecular flexibility index (Phi) is 4.46. The van der Waals surface area contributed by atoms with E-state index < -0.39 is 6.36 Å². The normalized spacial score (nSPS) is 16.2. The van der Waals surface area contributed by atoms with Crippen molar-refractivity contribution in [3.63, 3.8) is 0 Å². The Hall–Kier alpha value is -2.51. The van der Waals surface area contributed by atoms with E-state index in [2.05, 4.69) is 14.9 Å². The number of halogens is 3. The molecular formula is C16H16F3N3O2. The molecule has 0 radical (unpaired) electrons. The number of hydrogen-bond acceptors (Lipinski definition) is 3. The lowest BCUT2D eigenvalue weighted by Crippen LogP contribution is -2.38. The molecule has 1 aliphatic rings. The van der Waals surface area contributed by atoms with Crippen LogP contribution >= 0.6 is 0 Å². The molecule has 0 atom stereocenters. The second kappa shape index (κ2) is 6.54. The molecule has 24 heavy (non-hydrogen) atoms. The summed E-state index contributed by atoms with van der Waals surface area (Å²) in [5.74, 6) is -0.358. The van der Waals surface area contributed by atoms with Crippen molar-refractivity contribution in [2.75, 3.05) is 13.1 Å². The van der Waals surface area contributed by atoms with Crippen molar-refractivity contribution in [1.82, 2.24) is 15.1 Å². The number of carbonyl (C=O) groups excluding carboxylic acids is 1. The highest BCUT2D eigenvalue weighted by Crippen LogP contribution is 2.28. The van der Waals surface area contributed by atoms with E-state index in [4.69, 9.17) is 0 Å². The Labute approximate surface area is 136 Å². The first kappa shape index (κ1) is 16.4. The summed E-state index contributed by atoms with van der Waals surface area (Å²) in [7, 11) is 0. The molecule has 5 nitrogen and oxygen atoms in total. The Morgan fingerprint density at radius 2 is 2.00 bits per heavy atom. The van der Waals surface area contributed by atoms with Gasteiger partial charge in [0.1, 0.15) is 5.75 Å². The van der Waals surface area contributed by atoms with Gasteiger partial charge in [-0.3, -0.25) is 9.89 Å². The van der Waals surface area contributed by atoms with E-state index in [-0.39, 0.29) is 17.2 Å². The van der Waals surface area contributed by atoms with Gasteiger partial charge in [-0.05, 0) is 37.1 Å². The van der Waals surface area contributed by atoms with E-state index in [0.29, 0.717) is 19.0 Å². The molecule has 8 heteroatoms. The average molecular weight is 339 g/mol. The molecule has 0 aliphatic carbocycles. The second-order valence-corrected chi connectivity index (χ2v) is 5.65. The third-order valence-electron chi connectivity index (χ3n) is 4.06. The standard InChI is InChI=1S/C16H16F3N3O2/c17-16(18,19)24-13-3-1-2-12(10-13)15(23)22-8-5-11(6-9-22)14-4-7-20-21-14/h1-4,7,10-11H,5-6,8-9H2,(H,20,21). The summed E-state index contributed by atoms with van der Waals surface area (Å²) in [5.41, 5.74) is 1.24. The average Bonchev–Trinajstić information content (AvgIpc) is 3.07. The zero-order chi connectivity index (χ0) is 17.2. The van der Waals surface area contributed by atoms with Crippen molar-refractivity contribution in [3.8, 4) is 5.75 Å². The first-order valence-electron chi connectivity index (χ1n) is 7.57. The van der Waals surface area contributed by atoms with Gasteiger partial charge in [0.15, 0.2) is 0 Å². The third kappa shape index (κ3) is 3.87. The summed E-state index contributed by atoms with van der Waals surface area (Å²) in [4.78, 5) is 14.1. The van der Waals surface area contributed by atoms with Gasteiger partial charge >= 0.3 is 6.36 Å². The highest BCUT2D eigenvalue weighted by Gasteiger charge is 2.31. The quantitative estimate of drug-likeness (QED) is 0.933. The lowest BCUT2D eigenvalue weighted by atomic mass is 9.93. The fourth-order valence-corrected chi connectivity index (χ4v) is 2.90. The van der Waals surface area contributed by atoms with Crippen LogP contribution in [0.2, 0.25) is 0 Å². The first-order valence-corrected chi connectivity index (χ1v) is 7.57. The van der Waals surface area contributed by atoms with Crippen molar-refractivity contribution >= 4 is 5.91 Å². The molecule has 1 aromatic carbocycles. The maximum atomic E-state index is 12.5. The second-order valence-electron chi connectivity index (χ2n) is 5.65. The van der Waals surface area contributed by atoms with Crippen LogP contribution in [-0.2, 0) is 0 Å². The van der Waals surface area contributed by atoms with Crippen LogP contribution in [0.4, 0.5) is 13.2 Å². The number of hydrogen-bond donors (Lipinski definition) is 1. The summed E-state index contributed by atoms with van der Waals surface area (Å²) in [6, 6.07) is 7.09. The minimum Gasteiger partial charge on any atom is -0.406 e. The molecule has 1 amide bonds. The number of aromatic nitrogens is 2. The summed E-state index contributed by atoms with van der Waals surface area (Å²) in [6.45, 7) is 1.10. The van der Waals surface area contributed by atoms with Crippen molar-refractivity contribution in [3.05, 3.63) is 47.8 Å². The number of nitrogens with zero attached hydrogens (tertiary/aromatic N) is 2. The minimum atomic E-state index is -4.77. The van der Waals surface area contributed by atoms with Gasteiger partial charge in [-0.15, -0.1) is 13.2 Å². The maximum Gasteiger partial charge on any atom is 0.573 e. The summed E-state index contributed by atoms with van der Waals surface area (Å²) in [6.07, 6.45) is -1.51. The van der Waals surface area contributed by atoms with Crippen LogP contribution in [0.25, 0.3) is 0 Å². The molecule has 2 aromatic rings. The van der Waals surface area contributed by atoms with E-state index in [1.165, 1.54) is 18.2 Å². The van der Waals surface area contributed by atoms with Crippen LogP contribution in [0.15, 0.2) is 36.5 Å². The van der Waals surface area contributed by atoms with Gasteiger partial charge < -0.3 is 9.64 Å². The number of amides is 1. The van der Waals surface area contributed by atoms with E-state index in [9.17, 15) is 18.0 Å². The molecule has 2 heterocycles. The molecule has 128 valence electrons. The fraction of sp³-hybridized carbons (Fsp3) is 0.375. The number of ether oxygens (including phenoxy) is 1. The van der Waals surface area contributed by atoms with Gasteiger partial charge in [0.25, 0.3) is 5.91 Å². The van der Waals surface area contributed by atoms with Crippen molar-refractivity contribution in [2.45, 2.75) is 25.1 Å². The van der Waals surface area contributed by atoms with Crippen LogP contribution in [0.5, 0.6) is 5.75 Å². The Morgan fingerprint density at radius 3 is 2.62 bits per heavy atom. The van der Waals surface area contributed by atoms with Crippen LogP contribution < -0.4 is 4.74 Å². The molecular weight excluding hydrogens is 323 g/mol. The van der Waals surface area contributed by atoms with Crippen LogP contribution in [0.3, 0.4) is 0 Å². The molecule has 0 unspecified atom stereocenters. The topological polar surface area (TPSA) is 58.2 Å². The Balaban J connectivity index is 1.64. The molecule has 0 bridgehead atoms. The number of H-pyrrole nitrogens is 1. The minimum absolute atomic E-state index is 0.191. The number of nitrogens with one attached hydrogen (secondary N) is 1. The third-order valence-corrected chi connectivity index (χ3v) is 4.06. The van der Waals surface area contributed by atoms with Gasteiger partial charge in [0.2, 0.25) is 0 Å².